The maximum atomic E-state index is 5.96. The number of rotatable bonds is 8. The van der Waals surface area contributed by atoms with Gasteiger partial charge in [0.05, 0.1) is 18.7 Å². The molecule has 1 aromatic heterocycles. The maximum Gasteiger partial charge on any atom is 0.191 e. The number of piperidine rings is 1. The molecule has 1 atom stereocenters. The Labute approximate surface area is 177 Å². The largest absolute Gasteiger partial charge is 0.497 e. The van der Waals surface area contributed by atoms with E-state index in [9.17, 15) is 0 Å². The van der Waals surface area contributed by atoms with Crippen LogP contribution in [-0.4, -0.2) is 51.4 Å². The first-order valence-corrected chi connectivity index (χ1v) is 11.2. The fourth-order valence-corrected chi connectivity index (χ4v) is 4.14. The van der Waals surface area contributed by atoms with Crippen molar-refractivity contribution in [2.45, 2.75) is 38.8 Å². The molecule has 1 fully saturated rings. The zero-order chi connectivity index (χ0) is 20.5. The maximum absolute atomic E-state index is 5.96. The van der Waals surface area contributed by atoms with Gasteiger partial charge in [0.25, 0.3) is 0 Å². The molecule has 2 aromatic rings. The van der Waals surface area contributed by atoms with Crippen LogP contribution in [0.25, 0.3) is 0 Å². The summed E-state index contributed by atoms with van der Waals surface area (Å²) in [5.74, 6) is 2.52. The first-order valence-electron chi connectivity index (χ1n) is 10.3. The van der Waals surface area contributed by atoms with E-state index in [1.807, 2.05) is 42.5 Å². The van der Waals surface area contributed by atoms with Crippen molar-refractivity contribution >= 4 is 22.3 Å². The number of hydrogen-bond acceptors (Lipinski definition) is 5. The summed E-state index contributed by atoms with van der Waals surface area (Å²) in [5, 5.41) is 10.5. The average Bonchev–Trinajstić information content (AvgIpc) is 3.28. The molecule has 0 aliphatic carbocycles. The van der Waals surface area contributed by atoms with Crippen LogP contribution in [0.5, 0.6) is 11.5 Å². The summed E-state index contributed by atoms with van der Waals surface area (Å²) in [6.45, 7) is 7.72. The van der Waals surface area contributed by atoms with Crippen molar-refractivity contribution in [2.75, 3.05) is 38.2 Å². The van der Waals surface area contributed by atoms with Gasteiger partial charge < -0.3 is 25.0 Å². The molecule has 1 saturated heterocycles. The molecule has 0 spiro atoms. The zero-order valence-corrected chi connectivity index (χ0v) is 18.4. The van der Waals surface area contributed by atoms with Gasteiger partial charge in [0.1, 0.15) is 17.6 Å². The summed E-state index contributed by atoms with van der Waals surface area (Å²) >= 11 is 1.82. The van der Waals surface area contributed by atoms with Gasteiger partial charge in [-0.2, -0.15) is 0 Å². The highest BCUT2D eigenvalue weighted by atomic mass is 32.1. The lowest BCUT2D eigenvalue weighted by Gasteiger charge is -2.33. The number of aliphatic imine (C=N–C) groups is 1. The normalized spacial score (nSPS) is 16.4. The van der Waals surface area contributed by atoms with Crippen molar-refractivity contribution in [3.63, 3.8) is 0 Å². The predicted octanol–water partition coefficient (Wildman–Crippen LogP) is 3.75. The molecule has 1 aliphatic heterocycles. The lowest BCUT2D eigenvalue weighted by atomic mass is 10.1. The third-order valence-electron chi connectivity index (χ3n) is 4.90. The van der Waals surface area contributed by atoms with Crippen molar-refractivity contribution in [1.82, 2.24) is 10.6 Å². The second kappa shape index (κ2) is 11.0. The van der Waals surface area contributed by atoms with Crippen LogP contribution < -0.4 is 25.0 Å². The molecule has 0 saturated carbocycles. The van der Waals surface area contributed by atoms with Gasteiger partial charge in [-0.15, -0.1) is 11.3 Å². The lowest BCUT2D eigenvalue weighted by molar-refractivity contribution is 0.230. The van der Waals surface area contributed by atoms with Crippen LogP contribution in [0.1, 0.15) is 26.7 Å². The quantitative estimate of drug-likeness (QED) is 0.507. The van der Waals surface area contributed by atoms with Crippen LogP contribution in [0.15, 0.2) is 46.8 Å². The standard InChI is InChI=1S/C22H32N4O2S/c1-4-23-22(24-16-17(2)28-20-9-7-19(27-3)8-10-20)25-18-11-13-26(14-12-18)21-6-5-15-29-21/h5-10,15,17-18H,4,11-14,16H2,1-3H3,(H2,23,24,25). The van der Waals surface area contributed by atoms with Gasteiger partial charge in [-0.3, -0.25) is 0 Å². The zero-order valence-electron chi connectivity index (χ0n) is 17.6. The molecule has 2 N–H and O–H groups in total. The number of methoxy groups -OCH3 is 1. The van der Waals surface area contributed by atoms with E-state index in [-0.39, 0.29) is 6.10 Å². The summed E-state index contributed by atoms with van der Waals surface area (Å²) in [6, 6.07) is 12.4. The summed E-state index contributed by atoms with van der Waals surface area (Å²) < 4.78 is 11.1. The molecule has 0 bridgehead atoms. The van der Waals surface area contributed by atoms with E-state index in [1.54, 1.807) is 7.11 Å². The first kappa shape index (κ1) is 21.3. The van der Waals surface area contributed by atoms with Gasteiger partial charge in [-0.1, -0.05) is 0 Å². The molecular formula is C22H32N4O2S. The van der Waals surface area contributed by atoms with Gasteiger partial charge in [-0.05, 0) is 68.5 Å². The SMILES string of the molecule is CCNC(=NCC(C)Oc1ccc(OC)cc1)NC1CCN(c2cccs2)CC1. The molecule has 1 aromatic carbocycles. The molecule has 1 unspecified atom stereocenters. The summed E-state index contributed by atoms with van der Waals surface area (Å²) in [7, 11) is 1.66. The number of anilines is 1. The first-order chi connectivity index (χ1) is 14.2. The van der Waals surface area contributed by atoms with Gasteiger partial charge >= 0.3 is 0 Å². The highest BCUT2D eigenvalue weighted by Crippen LogP contribution is 2.24. The van der Waals surface area contributed by atoms with Crippen LogP contribution in [0, 0.1) is 0 Å². The van der Waals surface area contributed by atoms with Crippen LogP contribution in [0.2, 0.25) is 0 Å². The smallest absolute Gasteiger partial charge is 0.191 e. The fourth-order valence-electron chi connectivity index (χ4n) is 3.35. The Morgan fingerprint density at radius 1 is 1.21 bits per heavy atom. The van der Waals surface area contributed by atoms with E-state index in [2.05, 4.69) is 40.0 Å². The van der Waals surface area contributed by atoms with E-state index in [0.29, 0.717) is 12.6 Å². The molecule has 6 nitrogen and oxygen atoms in total. The topological polar surface area (TPSA) is 58.1 Å². The minimum absolute atomic E-state index is 0.0143. The molecule has 29 heavy (non-hydrogen) atoms. The third-order valence-corrected chi connectivity index (χ3v) is 5.83. The molecule has 2 heterocycles. The van der Waals surface area contributed by atoms with Crippen molar-refractivity contribution in [1.29, 1.82) is 0 Å². The minimum atomic E-state index is -0.0143. The van der Waals surface area contributed by atoms with Crippen LogP contribution in [0.4, 0.5) is 5.00 Å². The highest BCUT2D eigenvalue weighted by molar-refractivity contribution is 7.14. The second-order valence-corrected chi connectivity index (χ2v) is 8.11. The summed E-state index contributed by atoms with van der Waals surface area (Å²) in [4.78, 5) is 7.21. The molecule has 158 valence electrons. The number of nitrogens with zero attached hydrogens (tertiary/aromatic N) is 2. The third kappa shape index (κ3) is 6.56. The molecule has 0 radical (unpaired) electrons. The van der Waals surface area contributed by atoms with Crippen molar-refractivity contribution < 1.29 is 9.47 Å². The van der Waals surface area contributed by atoms with E-state index in [1.165, 1.54) is 5.00 Å². The number of hydrogen-bond donors (Lipinski definition) is 2. The Morgan fingerprint density at radius 2 is 1.93 bits per heavy atom. The van der Waals surface area contributed by atoms with Gasteiger partial charge in [-0.25, -0.2) is 4.99 Å². The second-order valence-electron chi connectivity index (χ2n) is 7.18. The van der Waals surface area contributed by atoms with Crippen LogP contribution in [-0.2, 0) is 0 Å². The van der Waals surface area contributed by atoms with Crippen LogP contribution in [0.3, 0.4) is 0 Å². The Hall–Kier alpha value is -2.41. The van der Waals surface area contributed by atoms with Crippen molar-refractivity contribution in [3.05, 3.63) is 41.8 Å². The van der Waals surface area contributed by atoms with E-state index >= 15 is 0 Å². The number of benzene rings is 1. The fraction of sp³-hybridized carbons (Fsp3) is 0.500. The lowest BCUT2D eigenvalue weighted by Crippen LogP contribution is -2.49. The Kier molecular flexibility index (Phi) is 8.04. The van der Waals surface area contributed by atoms with Gasteiger partial charge in [0.2, 0.25) is 0 Å². The molecule has 0 amide bonds. The number of nitrogens with one attached hydrogen (secondary N) is 2. The average molecular weight is 417 g/mol. The Balaban J connectivity index is 1.47. The molecular weight excluding hydrogens is 384 g/mol. The van der Waals surface area contributed by atoms with Crippen molar-refractivity contribution in [3.8, 4) is 11.5 Å². The van der Waals surface area contributed by atoms with E-state index in [0.717, 1.165) is 49.9 Å². The Bertz CT molecular complexity index is 741. The van der Waals surface area contributed by atoms with Gasteiger partial charge in [0.15, 0.2) is 5.96 Å². The summed E-state index contributed by atoms with van der Waals surface area (Å²) in [5.41, 5.74) is 0. The number of ether oxygens (including phenoxy) is 2. The van der Waals surface area contributed by atoms with Gasteiger partial charge in [0, 0.05) is 25.7 Å². The molecule has 7 heteroatoms. The summed E-state index contributed by atoms with van der Waals surface area (Å²) in [6.07, 6.45) is 2.21. The predicted molar refractivity (Wildman–Crippen MR) is 122 cm³/mol. The number of guanidine groups is 1. The highest BCUT2D eigenvalue weighted by Gasteiger charge is 2.20. The van der Waals surface area contributed by atoms with E-state index in [4.69, 9.17) is 14.5 Å². The van der Waals surface area contributed by atoms with Crippen molar-refractivity contribution in [2.24, 2.45) is 4.99 Å². The van der Waals surface area contributed by atoms with E-state index < -0.39 is 0 Å². The number of thiophene rings is 1. The monoisotopic (exact) mass is 416 g/mol. The van der Waals surface area contributed by atoms with Crippen LogP contribution >= 0.6 is 11.3 Å². The Morgan fingerprint density at radius 3 is 2.55 bits per heavy atom. The minimum Gasteiger partial charge on any atom is -0.497 e. The molecule has 3 rings (SSSR count). The molecule has 1 aliphatic rings.